The molecule has 0 unspecified atom stereocenters. The van der Waals surface area contributed by atoms with Crippen molar-refractivity contribution >= 4 is 11.8 Å². The van der Waals surface area contributed by atoms with Gasteiger partial charge in [-0.1, -0.05) is 6.92 Å². The Labute approximate surface area is 129 Å². The summed E-state index contributed by atoms with van der Waals surface area (Å²) in [5, 5.41) is 13.9. The number of nitrogens with zero attached hydrogens (tertiary/aromatic N) is 4. The van der Waals surface area contributed by atoms with Gasteiger partial charge in [-0.05, 0) is 38.3 Å². The normalized spacial score (nSPS) is 20.3. The quantitative estimate of drug-likeness (QED) is 0.943. The van der Waals surface area contributed by atoms with Gasteiger partial charge in [0.05, 0.1) is 5.69 Å². The van der Waals surface area contributed by atoms with Crippen LogP contribution < -0.4 is 4.90 Å². The maximum Gasteiger partial charge on any atom is 0.341 e. The van der Waals surface area contributed by atoms with Gasteiger partial charge in [0, 0.05) is 30.7 Å². The van der Waals surface area contributed by atoms with Crippen molar-refractivity contribution in [1.29, 1.82) is 0 Å². The first kappa shape index (κ1) is 14.6. The van der Waals surface area contributed by atoms with Crippen molar-refractivity contribution in [2.75, 3.05) is 11.4 Å². The van der Waals surface area contributed by atoms with Crippen LogP contribution in [0.3, 0.4) is 0 Å². The van der Waals surface area contributed by atoms with Gasteiger partial charge in [0.1, 0.15) is 11.4 Å². The zero-order chi connectivity index (χ0) is 15.9. The first-order chi connectivity index (χ1) is 10.4. The van der Waals surface area contributed by atoms with Crippen LogP contribution in [-0.4, -0.2) is 37.9 Å². The molecule has 0 aromatic carbocycles. The van der Waals surface area contributed by atoms with E-state index in [-0.39, 0.29) is 11.1 Å². The Kier molecular flexibility index (Phi) is 3.39. The largest absolute Gasteiger partial charge is 0.477 e. The summed E-state index contributed by atoms with van der Waals surface area (Å²) in [6, 6.07) is 3.46. The lowest BCUT2D eigenvalue weighted by Crippen LogP contribution is -2.40. The predicted octanol–water partition coefficient (Wildman–Crippen LogP) is 2.59. The first-order valence-electron chi connectivity index (χ1n) is 7.40. The van der Waals surface area contributed by atoms with Crippen LogP contribution in [0.1, 0.15) is 37.6 Å². The molecule has 0 radical (unpaired) electrons. The van der Waals surface area contributed by atoms with Crippen LogP contribution in [0, 0.1) is 5.92 Å². The summed E-state index contributed by atoms with van der Waals surface area (Å²) in [6.07, 6.45) is 6.04. The number of aromatic nitrogens is 3. The predicted molar refractivity (Wildman–Crippen MR) is 83.5 cm³/mol. The van der Waals surface area contributed by atoms with Gasteiger partial charge in [0.15, 0.2) is 0 Å². The van der Waals surface area contributed by atoms with Gasteiger partial charge in [-0.15, -0.1) is 0 Å². The van der Waals surface area contributed by atoms with Crippen molar-refractivity contribution in [2.45, 2.75) is 32.7 Å². The van der Waals surface area contributed by atoms with Gasteiger partial charge in [0.25, 0.3) is 0 Å². The first-order valence-corrected chi connectivity index (χ1v) is 7.40. The van der Waals surface area contributed by atoms with Gasteiger partial charge in [-0.25, -0.2) is 14.5 Å². The summed E-state index contributed by atoms with van der Waals surface area (Å²) in [7, 11) is 0. The summed E-state index contributed by atoms with van der Waals surface area (Å²) < 4.78 is 1.57. The van der Waals surface area contributed by atoms with Crippen molar-refractivity contribution in [1.82, 2.24) is 14.8 Å². The van der Waals surface area contributed by atoms with Crippen molar-refractivity contribution in [3.8, 4) is 5.69 Å². The maximum absolute atomic E-state index is 11.9. The topological polar surface area (TPSA) is 71.2 Å². The van der Waals surface area contributed by atoms with Gasteiger partial charge >= 0.3 is 5.97 Å². The highest BCUT2D eigenvalue weighted by Crippen LogP contribution is 2.38. The molecule has 2 aromatic heterocycles. The minimum Gasteiger partial charge on any atom is -0.477 e. The van der Waals surface area contributed by atoms with Gasteiger partial charge < -0.3 is 10.0 Å². The Bertz CT molecular complexity index is 694. The number of carbonyl (C=O) groups is 1. The van der Waals surface area contributed by atoms with Gasteiger partial charge in [-0.3, -0.25) is 0 Å². The van der Waals surface area contributed by atoms with Gasteiger partial charge in [0.2, 0.25) is 0 Å². The van der Waals surface area contributed by atoms with Crippen LogP contribution in [0.2, 0.25) is 0 Å². The molecular formula is C16H20N4O2. The van der Waals surface area contributed by atoms with Crippen LogP contribution in [0.4, 0.5) is 5.82 Å². The van der Waals surface area contributed by atoms with Crippen molar-refractivity contribution in [3.05, 3.63) is 36.3 Å². The monoisotopic (exact) mass is 300 g/mol. The zero-order valence-corrected chi connectivity index (χ0v) is 13.0. The van der Waals surface area contributed by atoms with E-state index in [0.717, 1.165) is 13.0 Å². The third-order valence-corrected chi connectivity index (χ3v) is 4.20. The molecule has 0 bridgehead atoms. The third-order valence-electron chi connectivity index (χ3n) is 4.20. The van der Waals surface area contributed by atoms with E-state index in [4.69, 9.17) is 0 Å². The number of rotatable bonds is 3. The second kappa shape index (κ2) is 5.12. The van der Waals surface area contributed by atoms with Crippen LogP contribution in [-0.2, 0) is 0 Å². The molecule has 116 valence electrons. The second-order valence-electron chi connectivity index (χ2n) is 6.52. The van der Waals surface area contributed by atoms with Crippen molar-refractivity contribution < 1.29 is 9.90 Å². The van der Waals surface area contributed by atoms with Crippen LogP contribution in [0.15, 0.2) is 30.7 Å². The molecule has 6 heteroatoms. The number of anilines is 1. The van der Waals surface area contributed by atoms with Crippen LogP contribution in [0.5, 0.6) is 0 Å². The standard InChI is InChI=1S/C16H20N4O2/c1-11-9-16(2,3)19(10-11)14-13(15(21)22)12(5-7-17-14)20-8-4-6-18-20/h4-8,11H,9-10H2,1-3H3,(H,21,22)/t11-/m0/s1. The Morgan fingerprint density at radius 1 is 1.41 bits per heavy atom. The van der Waals surface area contributed by atoms with E-state index in [1.807, 2.05) is 0 Å². The number of hydrogen-bond acceptors (Lipinski definition) is 4. The average Bonchev–Trinajstić information content (AvgIpc) is 3.05. The molecule has 3 heterocycles. The number of carboxylic acids is 1. The molecule has 1 fully saturated rings. The van der Waals surface area contributed by atoms with Crippen molar-refractivity contribution in [2.24, 2.45) is 5.92 Å². The highest BCUT2D eigenvalue weighted by molar-refractivity contribution is 5.97. The number of aromatic carboxylic acids is 1. The lowest BCUT2D eigenvalue weighted by Gasteiger charge is -2.33. The summed E-state index contributed by atoms with van der Waals surface area (Å²) in [5.41, 5.74) is 0.630. The van der Waals surface area contributed by atoms with Gasteiger partial charge in [-0.2, -0.15) is 5.10 Å². The molecule has 1 N–H and O–H groups in total. The molecule has 0 saturated carbocycles. The lowest BCUT2D eigenvalue weighted by atomic mass is 9.97. The van der Waals surface area contributed by atoms with E-state index in [2.05, 4.69) is 35.8 Å². The molecular weight excluding hydrogens is 280 g/mol. The fourth-order valence-corrected chi connectivity index (χ4v) is 3.41. The van der Waals surface area contributed by atoms with Crippen LogP contribution in [0.25, 0.3) is 5.69 Å². The Morgan fingerprint density at radius 2 is 2.18 bits per heavy atom. The minimum atomic E-state index is -0.982. The smallest absolute Gasteiger partial charge is 0.341 e. The highest BCUT2D eigenvalue weighted by atomic mass is 16.4. The summed E-state index contributed by atoms with van der Waals surface area (Å²) in [5.74, 6) is 0.0469. The number of carboxylic acid groups (broad SMARTS) is 1. The van der Waals surface area contributed by atoms with Crippen LogP contribution >= 0.6 is 0 Å². The molecule has 2 aromatic rings. The molecule has 1 aliphatic heterocycles. The summed E-state index contributed by atoms with van der Waals surface area (Å²) >= 11 is 0. The Hall–Kier alpha value is -2.37. The van der Waals surface area contributed by atoms with E-state index in [1.165, 1.54) is 0 Å². The van der Waals surface area contributed by atoms with E-state index in [9.17, 15) is 9.90 Å². The average molecular weight is 300 g/mol. The van der Waals surface area contributed by atoms with E-state index in [0.29, 0.717) is 17.4 Å². The van der Waals surface area contributed by atoms with E-state index < -0.39 is 5.97 Å². The SMILES string of the molecule is C[C@@H]1CN(c2nccc(-n3cccn3)c2C(=O)O)C(C)(C)C1. The highest BCUT2D eigenvalue weighted by Gasteiger charge is 2.39. The molecule has 0 amide bonds. The molecule has 1 aliphatic rings. The molecule has 0 aliphatic carbocycles. The molecule has 3 rings (SSSR count). The number of hydrogen-bond donors (Lipinski definition) is 1. The zero-order valence-electron chi connectivity index (χ0n) is 13.0. The van der Waals surface area contributed by atoms with Crippen molar-refractivity contribution in [3.63, 3.8) is 0 Å². The lowest BCUT2D eigenvalue weighted by molar-refractivity contribution is 0.0697. The maximum atomic E-state index is 11.9. The minimum absolute atomic E-state index is 0.112. The van der Waals surface area contributed by atoms with E-state index in [1.54, 1.807) is 35.4 Å². The fourth-order valence-electron chi connectivity index (χ4n) is 3.41. The molecule has 1 atom stereocenters. The Morgan fingerprint density at radius 3 is 2.73 bits per heavy atom. The summed E-state index contributed by atoms with van der Waals surface area (Å²) in [6.45, 7) is 7.25. The summed E-state index contributed by atoms with van der Waals surface area (Å²) in [4.78, 5) is 18.4. The number of pyridine rings is 1. The molecule has 6 nitrogen and oxygen atoms in total. The second-order valence-corrected chi connectivity index (χ2v) is 6.52. The molecule has 22 heavy (non-hydrogen) atoms. The molecule has 0 spiro atoms. The Balaban J connectivity index is 2.17. The third kappa shape index (κ3) is 2.34. The fraction of sp³-hybridized carbons (Fsp3) is 0.438. The molecule has 1 saturated heterocycles. The van der Waals surface area contributed by atoms with E-state index >= 15 is 0 Å².